The highest BCUT2D eigenvalue weighted by molar-refractivity contribution is 7.91. The lowest BCUT2D eigenvalue weighted by atomic mass is 10.0. The minimum atomic E-state index is -2.76. The molecule has 0 aromatic heterocycles. The van der Waals surface area contributed by atoms with Gasteiger partial charge in [0.1, 0.15) is 0 Å². The van der Waals surface area contributed by atoms with E-state index in [2.05, 4.69) is 11.8 Å². The summed E-state index contributed by atoms with van der Waals surface area (Å²) in [7, 11) is -2.76. The molecule has 2 aliphatic rings. The van der Waals surface area contributed by atoms with Crippen molar-refractivity contribution < 1.29 is 8.42 Å². The van der Waals surface area contributed by atoms with Gasteiger partial charge in [0.2, 0.25) is 0 Å². The Labute approximate surface area is 91.7 Å². The molecule has 2 aliphatic heterocycles. The summed E-state index contributed by atoms with van der Waals surface area (Å²) in [5.41, 5.74) is 5.76. The zero-order valence-electron chi connectivity index (χ0n) is 9.22. The maximum Gasteiger partial charge on any atom is 0.151 e. The first-order valence-electron chi connectivity index (χ1n) is 5.70. The van der Waals surface area contributed by atoms with E-state index in [9.17, 15) is 8.42 Å². The fourth-order valence-corrected chi connectivity index (χ4v) is 4.64. The highest BCUT2D eigenvalue weighted by atomic mass is 32.2. The topological polar surface area (TPSA) is 63.4 Å². The van der Waals surface area contributed by atoms with E-state index in [0.29, 0.717) is 30.0 Å². The van der Waals surface area contributed by atoms with E-state index in [1.165, 1.54) is 0 Å². The van der Waals surface area contributed by atoms with Gasteiger partial charge in [0.15, 0.2) is 9.84 Å². The van der Waals surface area contributed by atoms with Gasteiger partial charge in [-0.25, -0.2) is 8.42 Å². The molecule has 0 spiro atoms. The third-order valence-corrected chi connectivity index (χ3v) is 5.59. The van der Waals surface area contributed by atoms with E-state index in [1.54, 1.807) is 0 Å². The average molecular weight is 232 g/mol. The molecule has 4 nitrogen and oxygen atoms in total. The van der Waals surface area contributed by atoms with Crippen LogP contribution in [0.2, 0.25) is 0 Å². The molecule has 0 radical (unpaired) electrons. The Hall–Kier alpha value is -0.130. The van der Waals surface area contributed by atoms with Crippen LogP contribution in [-0.4, -0.2) is 50.0 Å². The van der Waals surface area contributed by atoms with E-state index in [-0.39, 0.29) is 6.04 Å². The molecule has 5 heteroatoms. The SMILES string of the molecule is CC1CCN(C2CCS(=O)(=O)C2)C1CN. The molecule has 0 saturated carbocycles. The van der Waals surface area contributed by atoms with Crippen molar-refractivity contribution in [2.75, 3.05) is 24.6 Å². The Bertz CT molecular complexity index is 328. The molecular formula is C10H20N2O2S. The van der Waals surface area contributed by atoms with Crippen LogP contribution in [0.1, 0.15) is 19.8 Å². The first kappa shape index (κ1) is 11.4. The number of likely N-dealkylation sites (tertiary alicyclic amines) is 1. The van der Waals surface area contributed by atoms with Gasteiger partial charge in [-0.1, -0.05) is 6.92 Å². The molecule has 3 atom stereocenters. The zero-order valence-corrected chi connectivity index (χ0v) is 10.0. The van der Waals surface area contributed by atoms with Gasteiger partial charge < -0.3 is 5.73 Å². The van der Waals surface area contributed by atoms with Crippen LogP contribution in [0.3, 0.4) is 0 Å². The number of hydrogen-bond donors (Lipinski definition) is 1. The smallest absolute Gasteiger partial charge is 0.151 e. The van der Waals surface area contributed by atoms with Crippen LogP contribution in [0.4, 0.5) is 0 Å². The van der Waals surface area contributed by atoms with E-state index >= 15 is 0 Å². The Morgan fingerprint density at radius 1 is 1.40 bits per heavy atom. The number of hydrogen-bond acceptors (Lipinski definition) is 4. The Balaban J connectivity index is 2.06. The summed E-state index contributed by atoms with van der Waals surface area (Å²) >= 11 is 0. The van der Waals surface area contributed by atoms with Crippen LogP contribution in [0.15, 0.2) is 0 Å². The molecular weight excluding hydrogens is 212 g/mol. The molecule has 2 rings (SSSR count). The number of rotatable bonds is 2. The van der Waals surface area contributed by atoms with Crippen molar-refractivity contribution in [3.8, 4) is 0 Å². The molecule has 0 bridgehead atoms. The van der Waals surface area contributed by atoms with Crippen LogP contribution < -0.4 is 5.73 Å². The zero-order chi connectivity index (χ0) is 11.1. The molecule has 0 aliphatic carbocycles. The monoisotopic (exact) mass is 232 g/mol. The van der Waals surface area contributed by atoms with Crippen molar-refractivity contribution in [3.63, 3.8) is 0 Å². The van der Waals surface area contributed by atoms with Crippen molar-refractivity contribution >= 4 is 9.84 Å². The Morgan fingerprint density at radius 3 is 2.67 bits per heavy atom. The van der Waals surface area contributed by atoms with Gasteiger partial charge in [0, 0.05) is 18.6 Å². The molecule has 3 unspecified atom stereocenters. The third-order valence-electron chi connectivity index (χ3n) is 3.84. The fourth-order valence-electron chi connectivity index (χ4n) is 2.90. The van der Waals surface area contributed by atoms with Crippen molar-refractivity contribution in [2.24, 2.45) is 11.7 Å². The molecule has 2 fully saturated rings. The van der Waals surface area contributed by atoms with Crippen LogP contribution in [-0.2, 0) is 9.84 Å². The molecule has 2 N–H and O–H groups in total. The van der Waals surface area contributed by atoms with E-state index < -0.39 is 9.84 Å². The minimum Gasteiger partial charge on any atom is -0.329 e. The lowest BCUT2D eigenvalue weighted by molar-refractivity contribution is 0.182. The van der Waals surface area contributed by atoms with Crippen molar-refractivity contribution in [2.45, 2.75) is 31.8 Å². The van der Waals surface area contributed by atoms with Gasteiger partial charge in [-0.2, -0.15) is 0 Å². The second-order valence-electron chi connectivity index (χ2n) is 4.86. The summed E-state index contributed by atoms with van der Waals surface area (Å²) in [5, 5.41) is 0. The number of nitrogens with two attached hydrogens (primary N) is 1. The molecule has 2 heterocycles. The first-order valence-corrected chi connectivity index (χ1v) is 7.52. The first-order chi connectivity index (χ1) is 7.03. The summed E-state index contributed by atoms with van der Waals surface area (Å²) in [5.74, 6) is 1.31. The van der Waals surface area contributed by atoms with Gasteiger partial charge in [-0.05, 0) is 25.3 Å². The van der Waals surface area contributed by atoms with Crippen LogP contribution in [0.25, 0.3) is 0 Å². The molecule has 2 saturated heterocycles. The normalized spacial score (nSPS) is 41.1. The van der Waals surface area contributed by atoms with Crippen molar-refractivity contribution in [1.82, 2.24) is 4.90 Å². The Kier molecular flexibility index (Phi) is 3.05. The average Bonchev–Trinajstić information content (AvgIpc) is 2.69. The lowest BCUT2D eigenvalue weighted by Crippen LogP contribution is -2.45. The van der Waals surface area contributed by atoms with Gasteiger partial charge >= 0.3 is 0 Å². The minimum absolute atomic E-state index is 0.230. The summed E-state index contributed by atoms with van der Waals surface area (Å²) in [6.45, 7) is 3.88. The van der Waals surface area contributed by atoms with E-state index in [4.69, 9.17) is 5.73 Å². The summed E-state index contributed by atoms with van der Waals surface area (Å²) < 4.78 is 22.8. The van der Waals surface area contributed by atoms with Gasteiger partial charge in [0.25, 0.3) is 0 Å². The summed E-state index contributed by atoms with van der Waals surface area (Å²) in [6, 6.07) is 0.622. The number of sulfone groups is 1. The maximum absolute atomic E-state index is 11.4. The molecule has 15 heavy (non-hydrogen) atoms. The second kappa shape index (κ2) is 4.03. The third kappa shape index (κ3) is 2.19. The fraction of sp³-hybridized carbons (Fsp3) is 1.00. The van der Waals surface area contributed by atoms with Crippen LogP contribution in [0.5, 0.6) is 0 Å². The predicted octanol–water partition coefficient (Wildman–Crippen LogP) is -0.157. The predicted molar refractivity (Wildman–Crippen MR) is 60.4 cm³/mol. The largest absolute Gasteiger partial charge is 0.329 e. The highest BCUT2D eigenvalue weighted by Gasteiger charge is 2.39. The van der Waals surface area contributed by atoms with Crippen molar-refractivity contribution in [1.29, 1.82) is 0 Å². The molecule has 0 aromatic rings. The standard InChI is InChI=1S/C10H20N2O2S/c1-8-2-4-12(10(8)6-11)9-3-5-15(13,14)7-9/h8-10H,2-7,11H2,1H3. The lowest BCUT2D eigenvalue weighted by Gasteiger charge is -2.30. The maximum atomic E-state index is 11.4. The summed E-state index contributed by atoms with van der Waals surface area (Å²) in [4.78, 5) is 2.33. The van der Waals surface area contributed by atoms with Gasteiger partial charge in [-0.3, -0.25) is 4.90 Å². The van der Waals surface area contributed by atoms with Crippen LogP contribution in [0, 0.1) is 5.92 Å². The molecule has 88 valence electrons. The quantitative estimate of drug-likeness (QED) is 0.719. The van der Waals surface area contributed by atoms with E-state index in [1.807, 2.05) is 0 Å². The highest BCUT2D eigenvalue weighted by Crippen LogP contribution is 2.29. The number of nitrogens with zero attached hydrogens (tertiary/aromatic N) is 1. The van der Waals surface area contributed by atoms with Crippen LogP contribution >= 0.6 is 0 Å². The molecule has 0 amide bonds. The van der Waals surface area contributed by atoms with Crippen molar-refractivity contribution in [3.05, 3.63) is 0 Å². The Morgan fingerprint density at radius 2 is 2.13 bits per heavy atom. The van der Waals surface area contributed by atoms with E-state index in [0.717, 1.165) is 19.4 Å². The van der Waals surface area contributed by atoms with Gasteiger partial charge in [-0.15, -0.1) is 0 Å². The van der Waals surface area contributed by atoms with Gasteiger partial charge in [0.05, 0.1) is 11.5 Å². The molecule has 0 aromatic carbocycles. The summed E-state index contributed by atoms with van der Waals surface area (Å²) in [6.07, 6.45) is 1.95. The second-order valence-corrected chi connectivity index (χ2v) is 7.09.